The van der Waals surface area contributed by atoms with E-state index in [1.54, 1.807) is 0 Å². The second-order valence-electron chi connectivity index (χ2n) is 4.61. The highest BCUT2D eigenvalue weighted by Gasteiger charge is 2.17. The molecule has 0 aromatic carbocycles. The Bertz CT molecular complexity index is 497. The number of rotatable bonds is 2. The van der Waals surface area contributed by atoms with Crippen molar-refractivity contribution in [3.05, 3.63) is 29.7 Å². The Balaban J connectivity index is 1.93. The molecule has 1 saturated heterocycles. The maximum absolute atomic E-state index is 4.29. The minimum atomic E-state index is 0.716. The quantitative estimate of drug-likeness (QED) is 0.820. The fraction of sp³-hybridized carbons (Fsp3) is 0.500. The van der Waals surface area contributed by atoms with Gasteiger partial charge in [-0.1, -0.05) is 6.07 Å². The number of nitrogens with one attached hydrogen (secondary N) is 1. The van der Waals surface area contributed by atoms with Gasteiger partial charge in [0.2, 0.25) is 0 Å². The third kappa shape index (κ3) is 1.69. The summed E-state index contributed by atoms with van der Waals surface area (Å²) in [6, 6.07) is 4.10. The molecule has 16 heavy (non-hydrogen) atoms. The fourth-order valence-corrected chi connectivity index (χ4v) is 2.33. The molecule has 3 heterocycles. The smallest absolute Gasteiger partial charge is 0.160 e. The van der Waals surface area contributed by atoms with Gasteiger partial charge in [-0.15, -0.1) is 10.2 Å². The van der Waals surface area contributed by atoms with Crippen molar-refractivity contribution in [2.24, 2.45) is 5.92 Å². The predicted octanol–water partition coefficient (Wildman–Crippen LogP) is 1.19. The summed E-state index contributed by atoms with van der Waals surface area (Å²) in [4.78, 5) is 0. The monoisotopic (exact) mass is 216 g/mol. The average Bonchev–Trinajstić information content (AvgIpc) is 2.90. The first-order chi connectivity index (χ1) is 7.83. The van der Waals surface area contributed by atoms with Crippen molar-refractivity contribution in [1.29, 1.82) is 0 Å². The van der Waals surface area contributed by atoms with Crippen molar-refractivity contribution < 1.29 is 0 Å². The minimum absolute atomic E-state index is 0.716. The van der Waals surface area contributed by atoms with E-state index in [1.165, 1.54) is 12.0 Å². The van der Waals surface area contributed by atoms with Crippen LogP contribution in [0.1, 0.15) is 17.8 Å². The number of pyridine rings is 1. The van der Waals surface area contributed by atoms with Gasteiger partial charge in [0, 0.05) is 12.6 Å². The maximum Gasteiger partial charge on any atom is 0.160 e. The van der Waals surface area contributed by atoms with E-state index in [-0.39, 0.29) is 0 Å². The highest BCUT2D eigenvalue weighted by atomic mass is 15.2. The predicted molar refractivity (Wildman–Crippen MR) is 62.4 cm³/mol. The van der Waals surface area contributed by atoms with Gasteiger partial charge in [0.05, 0.1) is 0 Å². The van der Waals surface area contributed by atoms with E-state index in [0.29, 0.717) is 5.92 Å². The van der Waals surface area contributed by atoms with Crippen molar-refractivity contribution in [2.45, 2.75) is 19.8 Å². The Labute approximate surface area is 94.7 Å². The fourth-order valence-electron chi connectivity index (χ4n) is 2.33. The lowest BCUT2D eigenvalue weighted by molar-refractivity contribution is 0.558. The molecular weight excluding hydrogens is 200 g/mol. The lowest BCUT2D eigenvalue weighted by Crippen LogP contribution is -2.12. The standard InChI is InChI=1S/C12H16N4/c1-9-2-3-11-14-15-12(16(11)8-9)6-10-4-5-13-7-10/h2-3,8,10,13H,4-7H2,1H3. The molecule has 1 aliphatic heterocycles. The number of nitrogens with zero attached hydrogens (tertiary/aromatic N) is 3. The molecule has 0 radical (unpaired) electrons. The first-order valence-electron chi connectivity index (χ1n) is 5.84. The van der Waals surface area contributed by atoms with E-state index in [1.807, 2.05) is 6.07 Å². The summed E-state index contributed by atoms with van der Waals surface area (Å²) in [6.07, 6.45) is 4.39. The zero-order valence-electron chi connectivity index (χ0n) is 9.48. The van der Waals surface area contributed by atoms with E-state index in [9.17, 15) is 0 Å². The first-order valence-corrected chi connectivity index (χ1v) is 5.84. The first kappa shape index (κ1) is 9.78. The zero-order chi connectivity index (χ0) is 11.0. The number of hydrogen-bond acceptors (Lipinski definition) is 3. The Morgan fingerprint density at radius 2 is 2.38 bits per heavy atom. The van der Waals surface area contributed by atoms with Gasteiger partial charge in [0.25, 0.3) is 0 Å². The van der Waals surface area contributed by atoms with Gasteiger partial charge in [-0.3, -0.25) is 4.40 Å². The van der Waals surface area contributed by atoms with Crippen molar-refractivity contribution >= 4 is 5.65 Å². The molecule has 1 N–H and O–H groups in total. The van der Waals surface area contributed by atoms with Crippen LogP contribution in [0.2, 0.25) is 0 Å². The highest BCUT2D eigenvalue weighted by molar-refractivity contribution is 5.39. The van der Waals surface area contributed by atoms with Crippen LogP contribution in [0.15, 0.2) is 18.3 Å². The molecule has 1 aliphatic rings. The summed E-state index contributed by atoms with van der Waals surface area (Å²) in [5, 5.41) is 11.9. The van der Waals surface area contributed by atoms with Crippen molar-refractivity contribution in [3.63, 3.8) is 0 Å². The summed E-state index contributed by atoms with van der Waals surface area (Å²) >= 11 is 0. The lowest BCUT2D eigenvalue weighted by atomic mass is 10.0. The molecule has 1 fully saturated rings. The van der Waals surface area contributed by atoms with E-state index in [2.05, 4.69) is 39.1 Å². The van der Waals surface area contributed by atoms with Crippen LogP contribution in [0.25, 0.3) is 5.65 Å². The molecule has 2 aromatic rings. The van der Waals surface area contributed by atoms with Gasteiger partial charge >= 0.3 is 0 Å². The number of aromatic nitrogens is 3. The third-order valence-corrected chi connectivity index (χ3v) is 3.25. The van der Waals surface area contributed by atoms with E-state index in [0.717, 1.165) is 31.0 Å². The van der Waals surface area contributed by atoms with Crippen molar-refractivity contribution in [2.75, 3.05) is 13.1 Å². The molecule has 3 rings (SSSR count). The molecule has 1 atom stereocenters. The Kier molecular flexibility index (Phi) is 2.36. The molecule has 0 bridgehead atoms. The summed E-state index contributed by atoms with van der Waals surface area (Å²) < 4.78 is 2.12. The molecule has 0 spiro atoms. The molecule has 0 amide bonds. The molecule has 4 heteroatoms. The normalized spacial score (nSPS) is 20.7. The second-order valence-corrected chi connectivity index (χ2v) is 4.61. The highest BCUT2D eigenvalue weighted by Crippen LogP contribution is 2.15. The Hall–Kier alpha value is -1.42. The van der Waals surface area contributed by atoms with Crippen LogP contribution >= 0.6 is 0 Å². The largest absolute Gasteiger partial charge is 0.316 e. The summed E-state index contributed by atoms with van der Waals surface area (Å²) in [6.45, 7) is 4.35. The van der Waals surface area contributed by atoms with Crippen LogP contribution in [0.5, 0.6) is 0 Å². The van der Waals surface area contributed by atoms with E-state index in [4.69, 9.17) is 0 Å². The zero-order valence-corrected chi connectivity index (χ0v) is 9.48. The van der Waals surface area contributed by atoms with Crippen LogP contribution < -0.4 is 5.32 Å². The van der Waals surface area contributed by atoms with Gasteiger partial charge in [-0.25, -0.2) is 0 Å². The Morgan fingerprint density at radius 1 is 1.44 bits per heavy atom. The number of aryl methyl sites for hydroxylation is 1. The number of hydrogen-bond donors (Lipinski definition) is 1. The van der Waals surface area contributed by atoms with Crippen LogP contribution in [-0.2, 0) is 6.42 Å². The minimum Gasteiger partial charge on any atom is -0.316 e. The van der Waals surface area contributed by atoms with E-state index >= 15 is 0 Å². The maximum atomic E-state index is 4.29. The molecule has 0 saturated carbocycles. The average molecular weight is 216 g/mol. The summed E-state index contributed by atoms with van der Waals surface area (Å²) in [5.41, 5.74) is 2.20. The van der Waals surface area contributed by atoms with Gasteiger partial charge < -0.3 is 5.32 Å². The summed E-state index contributed by atoms with van der Waals surface area (Å²) in [7, 11) is 0. The van der Waals surface area contributed by atoms with Crippen LogP contribution in [-0.4, -0.2) is 27.7 Å². The third-order valence-electron chi connectivity index (χ3n) is 3.25. The van der Waals surface area contributed by atoms with Crippen LogP contribution in [0, 0.1) is 12.8 Å². The van der Waals surface area contributed by atoms with Crippen LogP contribution in [0.4, 0.5) is 0 Å². The summed E-state index contributed by atoms with van der Waals surface area (Å²) in [5.74, 6) is 1.81. The lowest BCUT2D eigenvalue weighted by Gasteiger charge is -2.06. The molecule has 1 unspecified atom stereocenters. The van der Waals surface area contributed by atoms with E-state index < -0.39 is 0 Å². The Morgan fingerprint density at radius 3 is 3.19 bits per heavy atom. The van der Waals surface area contributed by atoms with Crippen molar-refractivity contribution in [3.8, 4) is 0 Å². The van der Waals surface area contributed by atoms with Crippen LogP contribution in [0.3, 0.4) is 0 Å². The van der Waals surface area contributed by atoms with Gasteiger partial charge in [0.1, 0.15) is 5.82 Å². The number of fused-ring (bicyclic) bond motifs is 1. The molecule has 84 valence electrons. The second kappa shape index (κ2) is 3.87. The molecule has 2 aromatic heterocycles. The SMILES string of the molecule is Cc1ccc2nnc(CC3CCNC3)n2c1. The molecule has 0 aliphatic carbocycles. The van der Waals surface area contributed by atoms with Crippen molar-refractivity contribution in [1.82, 2.24) is 19.9 Å². The van der Waals surface area contributed by atoms with Gasteiger partial charge in [-0.05, 0) is 44.0 Å². The topological polar surface area (TPSA) is 42.2 Å². The molecule has 4 nitrogen and oxygen atoms in total. The molecular formula is C12H16N4. The van der Waals surface area contributed by atoms with Gasteiger partial charge in [-0.2, -0.15) is 0 Å². The van der Waals surface area contributed by atoms with Gasteiger partial charge in [0.15, 0.2) is 5.65 Å².